The third-order valence-corrected chi connectivity index (χ3v) is 8.24. The highest BCUT2D eigenvalue weighted by Gasteiger charge is 2.45. The maximum Gasteiger partial charge on any atom is 0.391 e. The van der Waals surface area contributed by atoms with Gasteiger partial charge in [0.15, 0.2) is 5.82 Å². The van der Waals surface area contributed by atoms with E-state index in [2.05, 4.69) is 20.5 Å². The molecule has 206 valence electrons. The number of pyridine rings is 1. The molecular formula is C26H31F4N5O3. The van der Waals surface area contributed by atoms with Crippen LogP contribution in [0, 0.1) is 17.7 Å². The molecule has 0 spiro atoms. The Hall–Kier alpha value is -3.18. The average molecular weight is 538 g/mol. The van der Waals surface area contributed by atoms with Gasteiger partial charge in [0.1, 0.15) is 5.69 Å². The second-order valence-electron chi connectivity index (χ2n) is 10.6. The van der Waals surface area contributed by atoms with E-state index in [0.717, 1.165) is 25.5 Å². The minimum absolute atomic E-state index is 0.0367. The normalized spacial score (nSPS) is 27.6. The summed E-state index contributed by atoms with van der Waals surface area (Å²) >= 11 is 0. The molecule has 3 fully saturated rings. The topological polar surface area (TPSA) is 100 Å². The van der Waals surface area contributed by atoms with E-state index in [1.807, 2.05) is 4.90 Å². The summed E-state index contributed by atoms with van der Waals surface area (Å²) in [6.07, 6.45) is 1.06. The minimum atomic E-state index is -4.18. The number of aromatic nitrogens is 3. The van der Waals surface area contributed by atoms with Crippen molar-refractivity contribution in [3.05, 3.63) is 29.8 Å². The smallest absolute Gasteiger partial charge is 0.391 e. The lowest BCUT2D eigenvalue weighted by Crippen LogP contribution is -2.57. The molecule has 2 N–H and O–H groups in total. The van der Waals surface area contributed by atoms with Crippen molar-refractivity contribution in [1.29, 1.82) is 0 Å². The van der Waals surface area contributed by atoms with E-state index in [0.29, 0.717) is 25.7 Å². The van der Waals surface area contributed by atoms with Crippen molar-refractivity contribution in [2.75, 3.05) is 7.11 Å². The molecule has 2 aromatic rings. The van der Waals surface area contributed by atoms with Crippen molar-refractivity contribution in [3.63, 3.8) is 0 Å². The van der Waals surface area contributed by atoms with Crippen LogP contribution in [0.15, 0.2) is 18.3 Å². The third-order valence-electron chi connectivity index (χ3n) is 8.24. The van der Waals surface area contributed by atoms with Crippen LogP contribution in [0.1, 0.15) is 68.3 Å². The lowest BCUT2D eigenvalue weighted by molar-refractivity contribution is -0.182. The summed E-state index contributed by atoms with van der Waals surface area (Å²) in [5.74, 6) is -2.32. The maximum absolute atomic E-state index is 14.3. The van der Waals surface area contributed by atoms with Gasteiger partial charge in [-0.1, -0.05) is 0 Å². The van der Waals surface area contributed by atoms with Gasteiger partial charge in [-0.15, -0.1) is 0 Å². The van der Waals surface area contributed by atoms with Crippen LogP contribution in [0.2, 0.25) is 0 Å². The first kappa shape index (κ1) is 26.4. The second kappa shape index (κ2) is 10.5. The molecule has 2 aromatic heterocycles. The predicted octanol–water partition coefficient (Wildman–Crippen LogP) is 4.63. The number of nitrogens with one attached hydrogen (secondary N) is 2. The van der Waals surface area contributed by atoms with E-state index in [9.17, 15) is 27.2 Å². The molecule has 4 heterocycles. The first-order valence-corrected chi connectivity index (χ1v) is 13.1. The summed E-state index contributed by atoms with van der Waals surface area (Å²) in [5, 5.41) is 9.84. The van der Waals surface area contributed by atoms with E-state index in [4.69, 9.17) is 4.74 Å². The van der Waals surface area contributed by atoms with Gasteiger partial charge in [0.05, 0.1) is 24.9 Å². The van der Waals surface area contributed by atoms with Gasteiger partial charge < -0.3 is 15.0 Å². The van der Waals surface area contributed by atoms with Crippen molar-refractivity contribution < 1.29 is 31.9 Å². The summed E-state index contributed by atoms with van der Waals surface area (Å²) < 4.78 is 58.3. The number of amides is 2. The SMILES string of the molecule is COc1cc(-c2cc(C(=O)N3[C@@H]4CCC[C@H]3CC(C(=O)NC3CCC(C(F)(F)F)CC3)C4)[nH]n2)c(F)cn1. The number of hydrogen-bond acceptors (Lipinski definition) is 5. The van der Waals surface area contributed by atoms with Crippen LogP contribution < -0.4 is 10.1 Å². The Balaban J connectivity index is 1.23. The van der Waals surface area contributed by atoms with Crippen molar-refractivity contribution in [1.82, 2.24) is 25.4 Å². The predicted molar refractivity (Wildman–Crippen MR) is 129 cm³/mol. The van der Waals surface area contributed by atoms with Crippen molar-refractivity contribution in [3.8, 4) is 17.1 Å². The summed E-state index contributed by atoms with van der Waals surface area (Å²) in [6.45, 7) is 0. The quantitative estimate of drug-likeness (QED) is 0.542. The average Bonchev–Trinajstić information content (AvgIpc) is 3.37. The Morgan fingerprint density at radius 3 is 2.39 bits per heavy atom. The van der Waals surface area contributed by atoms with E-state index in [-0.39, 0.29) is 71.5 Å². The Labute approximate surface area is 217 Å². The molecule has 2 saturated heterocycles. The van der Waals surface area contributed by atoms with Crippen LogP contribution in [-0.2, 0) is 4.79 Å². The monoisotopic (exact) mass is 537 g/mol. The zero-order chi connectivity index (χ0) is 27.0. The highest BCUT2D eigenvalue weighted by atomic mass is 19.4. The van der Waals surface area contributed by atoms with Crippen molar-refractivity contribution in [2.45, 2.75) is 82.1 Å². The number of rotatable bonds is 5. The number of carbonyl (C=O) groups excluding carboxylic acids is 2. The number of methoxy groups -OCH3 is 1. The molecule has 1 aliphatic carbocycles. The molecule has 38 heavy (non-hydrogen) atoms. The van der Waals surface area contributed by atoms with Gasteiger partial charge in [0.2, 0.25) is 11.8 Å². The molecule has 0 aromatic carbocycles. The number of fused-ring (bicyclic) bond motifs is 2. The van der Waals surface area contributed by atoms with Crippen LogP contribution in [0.3, 0.4) is 0 Å². The van der Waals surface area contributed by atoms with Crippen LogP contribution in [0.4, 0.5) is 17.6 Å². The number of aromatic amines is 1. The number of nitrogens with zero attached hydrogens (tertiary/aromatic N) is 3. The summed E-state index contributed by atoms with van der Waals surface area (Å²) in [5.41, 5.74) is 0.648. The van der Waals surface area contributed by atoms with Gasteiger partial charge in [0, 0.05) is 35.7 Å². The summed E-state index contributed by atoms with van der Waals surface area (Å²) in [7, 11) is 1.42. The number of carbonyl (C=O) groups is 2. The Bertz CT molecular complexity index is 1160. The lowest BCUT2D eigenvalue weighted by Gasteiger charge is -2.48. The number of H-pyrrole nitrogens is 1. The molecule has 2 aliphatic heterocycles. The van der Waals surface area contributed by atoms with E-state index >= 15 is 0 Å². The summed E-state index contributed by atoms with van der Waals surface area (Å²) in [4.78, 5) is 32.2. The molecule has 8 nitrogen and oxygen atoms in total. The summed E-state index contributed by atoms with van der Waals surface area (Å²) in [6, 6.07) is 2.42. The number of ether oxygens (including phenoxy) is 1. The standard InChI is InChI=1S/C26H31F4N5O3/c1-38-23-11-19(20(27)13-31-23)21-12-22(34-33-21)25(37)35-17-3-2-4-18(35)10-14(9-17)24(36)32-16-7-5-15(6-8-16)26(28,29)30/h11-18H,2-10H2,1H3,(H,32,36)(H,33,34)/t14?,15?,16?,17-,18+. The number of alkyl halides is 3. The van der Waals surface area contributed by atoms with Gasteiger partial charge in [-0.05, 0) is 63.9 Å². The molecular weight excluding hydrogens is 506 g/mol. The molecule has 2 amide bonds. The highest BCUT2D eigenvalue weighted by Crippen LogP contribution is 2.40. The first-order valence-electron chi connectivity index (χ1n) is 13.1. The molecule has 2 bridgehead atoms. The van der Waals surface area contributed by atoms with Crippen LogP contribution in [0.25, 0.3) is 11.3 Å². The molecule has 3 aliphatic rings. The van der Waals surface area contributed by atoms with Crippen LogP contribution >= 0.6 is 0 Å². The van der Waals surface area contributed by atoms with Gasteiger partial charge in [-0.25, -0.2) is 9.37 Å². The van der Waals surface area contributed by atoms with Gasteiger partial charge in [-0.2, -0.15) is 18.3 Å². The number of halogens is 4. The molecule has 5 rings (SSSR count). The Morgan fingerprint density at radius 2 is 1.76 bits per heavy atom. The molecule has 3 atom stereocenters. The zero-order valence-corrected chi connectivity index (χ0v) is 21.1. The molecule has 12 heteroatoms. The second-order valence-corrected chi connectivity index (χ2v) is 10.6. The third kappa shape index (κ3) is 5.35. The molecule has 1 unspecified atom stereocenters. The fraction of sp³-hybridized carbons (Fsp3) is 0.615. The number of hydrogen-bond donors (Lipinski definition) is 2. The van der Waals surface area contributed by atoms with Gasteiger partial charge in [-0.3, -0.25) is 14.7 Å². The first-order chi connectivity index (χ1) is 18.1. The van der Waals surface area contributed by atoms with Crippen molar-refractivity contribution in [2.24, 2.45) is 11.8 Å². The Morgan fingerprint density at radius 1 is 1.08 bits per heavy atom. The van der Waals surface area contributed by atoms with E-state index in [1.54, 1.807) is 0 Å². The molecule has 0 radical (unpaired) electrons. The lowest BCUT2D eigenvalue weighted by atomic mass is 9.77. The molecule has 1 saturated carbocycles. The van der Waals surface area contributed by atoms with Crippen LogP contribution in [0.5, 0.6) is 5.88 Å². The fourth-order valence-corrected chi connectivity index (χ4v) is 6.25. The zero-order valence-electron chi connectivity index (χ0n) is 21.1. The van der Waals surface area contributed by atoms with E-state index in [1.165, 1.54) is 19.2 Å². The Kier molecular flexibility index (Phi) is 7.32. The van der Waals surface area contributed by atoms with Crippen molar-refractivity contribution >= 4 is 11.8 Å². The van der Waals surface area contributed by atoms with Gasteiger partial charge in [0.25, 0.3) is 5.91 Å². The largest absolute Gasteiger partial charge is 0.481 e. The van der Waals surface area contributed by atoms with Crippen LogP contribution in [-0.4, -0.2) is 63.3 Å². The number of piperidine rings is 2. The maximum atomic E-state index is 14.3. The van der Waals surface area contributed by atoms with E-state index < -0.39 is 17.9 Å². The minimum Gasteiger partial charge on any atom is -0.481 e. The fourth-order valence-electron chi connectivity index (χ4n) is 6.25. The van der Waals surface area contributed by atoms with Gasteiger partial charge >= 0.3 is 6.18 Å². The highest BCUT2D eigenvalue weighted by molar-refractivity contribution is 5.94.